The maximum Gasteiger partial charge on any atom is 0.183 e. The fraction of sp³-hybridized carbons (Fsp3) is 0.588. The molecule has 0 unspecified atom stereocenters. The van der Waals surface area contributed by atoms with Crippen LogP contribution in [-0.2, 0) is 22.8 Å². The lowest BCUT2D eigenvalue weighted by molar-refractivity contribution is 0.0210. The second-order valence-electron chi connectivity index (χ2n) is 6.52. The molecule has 0 spiro atoms. The normalized spacial score (nSPS) is 20.4. The molecular formula is C17H23ClN4O2S. The molecule has 0 amide bonds. The van der Waals surface area contributed by atoms with Gasteiger partial charge in [0.2, 0.25) is 0 Å². The molecule has 2 saturated heterocycles. The highest BCUT2D eigenvalue weighted by Gasteiger charge is 2.18. The third-order valence-corrected chi connectivity index (χ3v) is 5.55. The van der Waals surface area contributed by atoms with Crippen LogP contribution in [0.2, 0.25) is 5.02 Å². The topological polar surface area (TPSA) is 34.8 Å². The first-order chi connectivity index (χ1) is 12.2. The minimum Gasteiger partial charge on any atom is -0.379 e. The maximum atomic E-state index is 6.27. The standard InChI is InChI=1S/C17H23ClN4O2S/c18-14-1-2-15-16(11-14)22(13-20-5-9-24-10-6-20)17(25)21(15)12-19-3-7-23-8-4-19/h1-2,11H,3-10,12-13H2. The van der Waals surface area contributed by atoms with Gasteiger partial charge in [0.25, 0.3) is 0 Å². The molecule has 0 bridgehead atoms. The molecule has 2 aliphatic heterocycles. The van der Waals surface area contributed by atoms with Crippen molar-refractivity contribution in [3.05, 3.63) is 28.0 Å². The number of hydrogen-bond donors (Lipinski definition) is 0. The molecule has 4 rings (SSSR count). The van der Waals surface area contributed by atoms with Crippen molar-refractivity contribution in [3.8, 4) is 0 Å². The lowest BCUT2D eigenvalue weighted by atomic mass is 10.3. The van der Waals surface area contributed by atoms with Crippen LogP contribution in [-0.4, -0.2) is 71.5 Å². The van der Waals surface area contributed by atoms with E-state index in [1.54, 1.807) is 0 Å². The highest BCUT2D eigenvalue weighted by Crippen LogP contribution is 2.23. The van der Waals surface area contributed by atoms with E-state index in [2.05, 4.69) is 25.0 Å². The van der Waals surface area contributed by atoms with Crippen molar-refractivity contribution in [2.75, 3.05) is 52.6 Å². The van der Waals surface area contributed by atoms with Gasteiger partial charge >= 0.3 is 0 Å². The van der Waals surface area contributed by atoms with Crippen molar-refractivity contribution in [1.29, 1.82) is 0 Å². The summed E-state index contributed by atoms with van der Waals surface area (Å²) in [5, 5.41) is 0.738. The number of hydrogen-bond acceptors (Lipinski definition) is 5. The summed E-state index contributed by atoms with van der Waals surface area (Å²) in [7, 11) is 0. The molecule has 0 atom stereocenters. The summed E-state index contributed by atoms with van der Waals surface area (Å²) in [5.41, 5.74) is 2.23. The molecule has 2 fully saturated rings. The number of imidazole rings is 1. The highest BCUT2D eigenvalue weighted by molar-refractivity contribution is 7.71. The minimum absolute atomic E-state index is 0.738. The zero-order chi connectivity index (χ0) is 17.2. The zero-order valence-electron chi connectivity index (χ0n) is 14.2. The molecule has 6 nitrogen and oxygen atoms in total. The Morgan fingerprint density at radius 2 is 1.36 bits per heavy atom. The number of halogens is 1. The first-order valence-electron chi connectivity index (χ1n) is 8.71. The fourth-order valence-electron chi connectivity index (χ4n) is 3.45. The SMILES string of the molecule is S=c1n(CN2CCOCC2)c2ccc(Cl)cc2n1CN1CCOCC1. The molecule has 0 N–H and O–H groups in total. The van der Waals surface area contributed by atoms with Crippen LogP contribution in [0, 0.1) is 4.77 Å². The van der Waals surface area contributed by atoms with Crippen molar-refractivity contribution >= 4 is 34.9 Å². The minimum atomic E-state index is 0.738. The van der Waals surface area contributed by atoms with Gasteiger partial charge in [0.1, 0.15) is 0 Å². The van der Waals surface area contributed by atoms with Gasteiger partial charge in [0.15, 0.2) is 4.77 Å². The summed E-state index contributed by atoms with van der Waals surface area (Å²) in [5.74, 6) is 0. The van der Waals surface area contributed by atoms with Gasteiger partial charge in [-0.2, -0.15) is 0 Å². The summed E-state index contributed by atoms with van der Waals surface area (Å²) in [6, 6.07) is 6.03. The summed E-state index contributed by atoms with van der Waals surface area (Å²) < 4.78 is 16.2. The number of aromatic nitrogens is 2. The van der Waals surface area contributed by atoms with E-state index in [-0.39, 0.29) is 0 Å². The van der Waals surface area contributed by atoms with Crippen LogP contribution < -0.4 is 0 Å². The Labute approximate surface area is 157 Å². The lowest BCUT2D eigenvalue weighted by Gasteiger charge is -2.27. The van der Waals surface area contributed by atoms with Crippen LogP contribution in [0.25, 0.3) is 11.0 Å². The predicted octanol–water partition coefficient (Wildman–Crippen LogP) is 2.41. The van der Waals surface area contributed by atoms with Crippen molar-refractivity contribution in [2.24, 2.45) is 0 Å². The molecule has 0 radical (unpaired) electrons. The molecule has 1 aromatic heterocycles. The number of rotatable bonds is 4. The van der Waals surface area contributed by atoms with Crippen LogP contribution in [0.3, 0.4) is 0 Å². The summed E-state index contributed by atoms with van der Waals surface area (Å²) in [6.45, 7) is 8.41. The van der Waals surface area contributed by atoms with Gasteiger partial charge in [-0.1, -0.05) is 11.6 Å². The number of morpholine rings is 2. The largest absolute Gasteiger partial charge is 0.379 e. The van der Waals surface area contributed by atoms with E-state index in [4.69, 9.17) is 33.3 Å². The van der Waals surface area contributed by atoms with Crippen molar-refractivity contribution in [1.82, 2.24) is 18.9 Å². The molecule has 1 aromatic carbocycles. The van der Waals surface area contributed by atoms with Gasteiger partial charge in [-0.05, 0) is 30.4 Å². The van der Waals surface area contributed by atoms with Crippen LogP contribution in [0.4, 0.5) is 0 Å². The third kappa shape index (κ3) is 3.77. The molecule has 8 heteroatoms. The molecule has 0 aliphatic carbocycles. The average molecular weight is 383 g/mol. The summed E-state index contributed by atoms with van der Waals surface area (Å²) in [6.07, 6.45) is 0. The smallest absolute Gasteiger partial charge is 0.183 e. The van der Waals surface area contributed by atoms with E-state index in [0.717, 1.165) is 86.8 Å². The molecule has 136 valence electrons. The van der Waals surface area contributed by atoms with Gasteiger partial charge in [0.05, 0.1) is 50.8 Å². The first kappa shape index (κ1) is 17.5. The van der Waals surface area contributed by atoms with E-state index in [9.17, 15) is 0 Å². The number of fused-ring (bicyclic) bond motifs is 1. The van der Waals surface area contributed by atoms with Gasteiger partial charge in [0, 0.05) is 31.2 Å². The van der Waals surface area contributed by atoms with Crippen LogP contribution in [0.5, 0.6) is 0 Å². The third-order valence-electron chi connectivity index (χ3n) is 4.87. The van der Waals surface area contributed by atoms with Crippen molar-refractivity contribution in [2.45, 2.75) is 13.3 Å². The maximum absolute atomic E-state index is 6.27. The highest BCUT2D eigenvalue weighted by atomic mass is 35.5. The monoisotopic (exact) mass is 382 g/mol. The van der Waals surface area contributed by atoms with E-state index in [0.29, 0.717) is 0 Å². The second kappa shape index (κ2) is 7.73. The lowest BCUT2D eigenvalue weighted by Crippen LogP contribution is -2.38. The first-order valence-corrected chi connectivity index (χ1v) is 9.50. The Balaban J connectivity index is 1.69. The molecular weight excluding hydrogens is 360 g/mol. The average Bonchev–Trinajstić information content (AvgIpc) is 2.89. The van der Waals surface area contributed by atoms with E-state index in [1.165, 1.54) is 0 Å². The van der Waals surface area contributed by atoms with E-state index in [1.807, 2.05) is 12.1 Å². The number of nitrogens with zero attached hydrogens (tertiary/aromatic N) is 4. The molecule has 2 aliphatic rings. The fourth-order valence-corrected chi connectivity index (χ4v) is 3.93. The Bertz CT molecular complexity index is 794. The van der Waals surface area contributed by atoms with Gasteiger partial charge in [-0.3, -0.25) is 9.80 Å². The predicted molar refractivity (Wildman–Crippen MR) is 101 cm³/mol. The van der Waals surface area contributed by atoms with Crippen LogP contribution in [0.15, 0.2) is 18.2 Å². The van der Waals surface area contributed by atoms with Crippen LogP contribution in [0.1, 0.15) is 0 Å². The molecule has 0 saturated carbocycles. The van der Waals surface area contributed by atoms with Gasteiger partial charge in [-0.15, -0.1) is 0 Å². The zero-order valence-corrected chi connectivity index (χ0v) is 15.8. The second-order valence-corrected chi connectivity index (χ2v) is 7.32. The number of ether oxygens (including phenoxy) is 2. The Kier molecular flexibility index (Phi) is 5.40. The molecule has 25 heavy (non-hydrogen) atoms. The van der Waals surface area contributed by atoms with Gasteiger partial charge in [-0.25, -0.2) is 0 Å². The summed E-state index contributed by atoms with van der Waals surface area (Å²) >= 11 is 12.1. The molecule has 3 heterocycles. The summed E-state index contributed by atoms with van der Waals surface area (Å²) in [4.78, 5) is 4.76. The molecule has 2 aromatic rings. The van der Waals surface area contributed by atoms with Gasteiger partial charge < -0.3 is 18.6 Å². The van der Waals surface area contributed by atoms with Crippen molar-refractivity contribution < 1.29 is 9.47 Å². The Morgan fingerprint density at radius 1 is 0.840 bits per heavy atom. The van der Waals surface area contributed by atoms with E-state index >= 15 is 0 Å². The Morgan fingerprint density at radius 3 is 1.92 bits per heavy atom. The quantitative estimate of drug-likeness (QED) is 0.759. The Hall–Kier alpha value is -0.960. The number of benzene rings is 1. The van der Waals surface area contributed by atoms with Crippen LogP contribution >= 0.6 is 23.8 Å². The van der Waals surface area contributed by atoms with E-state index < -0.39 is 0 Å². The van der Waals surface area contributed by atoms with Crippen molar-refractivity contribution in [3.63, 3.8) is 0 Å².